The van der Waals surface area contributed by atoms with Gasteiger partial charge in [-0.1, -0.05) is 6.08 Å². The molecule has 6 nitrogen and oxygen atoms in total. The molecule has 1 aliphatic rings. The van der Waals surface area contributed by atoms with Crippen molar-refractivity contribution in [3.05, 3.63) is 66.3 Å². The van der Waals surface area contributed by atoms with Crippen molar-refractivity contribution in [3.8, 4) is 6.07 Å². The quantitative estimate of drug-likeness (QED) is 0.832. The monoisotopic (exact) mass is 254 g/mol. The van der Waals surface area contributed by atoms with E-state index in [9.17, 15) is 0 Å². The molecule has 0 spiro atoms. The van der Waals surface area contributed by atoms with Crippen LogP contribution in [0.25, 0.3) is 5.01 Å². The largest absolute Gasteiger partial charge is 0.387 e. The van der Waals surface area contributed by atoms with Crippen molar-refractivity contribution in [1.29, 1.82) is 0 Å². The van der Waals surface area contributed by atoms with E-state index in [-0.39, 0.29) is 0 Å². The fourth-order valence-corrected chi connectivity index (χ4v) is 2.25. The van der Waals surface area contributed by atoms with Crippen LogP contribution in [0.4, 0.5) is 0 Å². The van der Waals surface area contributed by atoms with Gasteiger partial charge in [-0.2, -0.15) is 5.21 Å². The summed E-state index contributed by atoms with van der Waals surface area (Å²) in [5.74, 6) is 0. The second-order valence-electron chi connectivity index (χ2n) is 4.23. The molecule has 0 aliphatic heterocycles. The van der Waals surface area contributed by atoms with Gasteiger partial charge in [0, 0.05) is 31.2 Å². The summed E-state index contributed by atoms with van der Waals surface area (Å²) >= 11 is 0. The lowest BCUT2D eigenvalue weighted by Crippen LogP contribution is -2.38. The standard InChI is InChI=1S/C13H11N5O/c19-16-9-12-1-3-13(4-2-12,17-7-5-14-10-17)18-8-6-15-11-18/h1-3,5-8,10-11H,4H2/p+1. The third kappa shape index (κ3) is 1.81. The maximum absolute atomic E-state index is 8.53. The van der Waals surface area contributed by atoms with E-state index in [0.29, 0.717) is 6.42 Å². The molecule has 0 atom stereocenters. The molecule has 0 bridgehead atoms. The Morgan fingerprint density at radius 1 is 1.21 bits per heavy atom. The first-order valence-corrected chi connectivity index (χ1v) is 5.81. The van der Waals surface area contributed by atoms with Crippen LogP contribution in [0.5, 0.6) is 0 Å². The van der Waals surface area contributed by atoms with Gasteiger partial charge >= 0.3 is 6.07 Å². The van der Waals surface area contributed by atoms with Crippen LogP contribution in [0.15, 0.2) is 61.2 Å². The predicted octanol–water partition coefficient (Wildman–Crippen LogP) is 1.89. The van der Waals surface area contributed by atoms with Crippen molar-refractivity contribution in [2.75, 3.05) is 0 Å². The van der Waals surface area contributed by atoms with E-state index >= 15 is 0 Å². The molecule has 2 aromatic rings. The molecule has 0 saturated heterocycles. The predicted molar refractivity (Wildman–Crippen MR) is 68.7 cm³/mol. The van der Waals surface area contributed by atoms with Gasteiger partial charge in [-0.3, -0.25) is 0 Å². The van der Waals surface area contributed by atoms with Crippen LogP contribution >= 0.6 is 0 Å². The Hall–Kier alpha value is -2.81. The molecular formula is C13H12N5O+. The van der Waals surface area contributed by atoms with E-state index < -0.39 is 5.66 Å². The third-order valence-corrected chi connectivity index (χ3v) is 3.23. The lowest BCUT2D eigenvalue weighted by atomic mass is 9.96. The second-order valence-corrected chi connectivity index (χ2v) is 4.23. The van der Waals surface area contributed by atoms with Gasteiger partial charge in [0.2, 0.25) is 5.01 Å². The Labute approximate surface area is 109 Å². The minimum absolute atomic E-state index is 0.409. The van der Waals surface area contributed by atoms with Crippen LogP contribution in [0.3, 0.4) is 0 Å². The molecule has 0 fully saturated rings. The minimum Gasteiger partial charge on any atom is -0.310 e. The number of hydrogen-bond donors (Lipinski definition) is 1. The molecule has 0 radical (unpaired) electrons. The van der Waals surface area contributed by atoms with Gasteiger partial charge in [0.15, 0.2) is 0 Å². The Morgan fingerprint density at radius 2 is 1.89 bits per heavy atom. The topological polar surface area (TPSA) is 60.2 Å². The highest BCUT2D eigenvalue weighted by Gasteiger charge is 2.32. The number of hydrogen-bond acceptors (Lipinski definition) is 3. The van der Waals surface area contributed by atoms with Gasteiger partial charge in [0.25, 0.3) is 0 Å². The first-order valence-electron chi connectivity index (χ1n) is 5.81. The zero-order chi connectivity index (χ0) is 13.1. The van der Waals surface area contributed by atoms with Crippen LogP contribution in [0.1, 0.15) is 6.42 Å². The average molecular weight is 254 g/mol. The smallest absolute Gasteiger partial charge is 0.310 e. The molecule has 0 unspecified atom stereocenters. The van der Waals surface area contributed by atoms with Crippen LogP contribution in [-0.2, 0) is 5.66 Å². The SMILES string of the molecule is O[N+]#CC1=CCC(n2ccnc2)(n2ccnc2)C=C1. The van der Waals surface area contributed by atoms with Crippen LogP contribution in [-0.4, -0.2) is 24.3 Å². The molecule has 0 aromatic carbocycles. The van der Waals surface area contributed by atoms with Crippen molar-refractivity contribution in [3.63, 3.8) is 0 Å². The molecule has 6 heteroatoms. The van der Waals surface area contributed by atoms with Gasteiger partial charge in [-0.05, 0) is 12.2 Å². The van der Waals surface area contributed by atoms with E-state index in [1.807, 2.05) is 39.8 Å². The van der Waals surface area contributed by atoms with Crippen molar-refractivity contribution in [2.45, 2.75) is 12.1 Å². The van der Waals surface area contributed by atoms with Crippen LogP contribution in [0, 0.1) is 6.07 Å². The lowest BCUT2D eigenvalue weighted by Gasteiger charge is -2.34. The summed E-state index contributed by atoms with van der Waals surface area (Å²) in [6.45, 7) is 0. The number of allylic oxidation sites excluding steroid dienone is 4. The third-order valence-electron chi connectivity index (χ3n) is 3.23. The Bertz CT molecular complexity index is 636. The summed E-state index contributed by atoms with van der Waals surface area (Å²) < 4.78 is 4.02. The molecule has 2 heterocycles. The highest BCUT2D eigenvalue weighted by molar-refractivity contribution is 5.40. The van der Waals surface area contributed by atoms with E-state index in [0.717, 1.165) is 5.57 Å². The van der Waals surface area contributed by atoms with Gasteiger partial charge in [-0.25, -0.2) is 9.97 Å². The van der Waals surface area contributed by atoms with Gasteiger partial charge in [-0.15, -0.1) is 0 Å². The van der Waals surface area contributed by atoms with E-state index in [1.165, 1.54) is 0 Å². The molecule has 1 aliphatic carbocycles. The van der Waals surface area contributed by atoms with Crippen LogP contribution in [0.2, 0.25) is 0 Å². The fraction of sp³-hybridized carbons (Fsp3) is 0.154. The fourth-order valence-electron chi connectivity index (χ4n) is 2.25. The van der Waals surface area contributed by atoms with Gasteiger partial charge in [0.1, 0.15) is 11.2 Å². The van der Waals surface area contributed by atoms with Crippen molar-refractivity contribution < 1.29 is 5.21 Å². The number of nitrogens with zero attached hydrogens (tertiary/aromatic N) is 5. The van der Waals surface area contributed by atoms with Gasteiger partial charge in [0.05, 0.1) is 12.7 Å². The molecule has 2 aromatic heterocycles. The lowest BCUT2D eigenvalue weighted by molar-refractivity contribution is 0.305. The number of aromatic nitrogens is 4. The van der Waals surface area contributed by atoms with E-state index in [1.54, 1.807) is 25.0 Å². The second kappa shape index (κ2) is 4.46. The number of rotatable bonds is 2. The Kier molecular flexibility index (Phi) is 2.65. The van der Waals surface area contributed by atoms with E-state index in [2.05, 4.69) is 21.0 Å². The molecule has 94 valence electrons. The maximum atomic E-state index is 8.53. The highest BCUT2D eigenvalue weighted by Crippen LogP contribution is 2.30. The average Bonchev–Trinajstić information content (AvgIpc) is 3.14. The molecular weight excluding hydrogens is 242 g/mol. The zero-order valence-electron chi connectivity index (χ0n) is 10.1. The zero-order valence-corrected chi connectivity index (χ0v) is 10.1. The molecule has 19 heavy (non-hydrogen) atoms. The van der Waals surface area contributed by atoms with Gasteiger partial charge < -0.3 is 9.13 Å². The summed E-state index contributed by atoms with van der Waals surface area (Å²) in [5, 5.41) is 11.5. The molecule has 0 amide bonds. The van der Waals surface area contributed by atoms with E-state index in [4.69, 9.17) is 5.21 Å². The first-order chi connectivity index (χ1) is 9.35. The maximum Gasteiger partial charge on any atom is 0.387 e. The summed E-state index contributed by atoms with van der Waals surface area (Å²) in [4.78, 5) is 8.22. The minimum atomic E-state index is -0.409. The van der Waals surface area contributed by atoms with Crippen molar-refractivity contribution >= 4 is 0 Å². The highest BCUT2D eigenvalue weighted by atomic mass is 16.4. The normalized spacial score (nSPS) is 16.5. The first kappa shape index (κ1) is 11.3. The van der Waals surface area contributed by atoms with Crippen molar-refractivity contribution in [2.24, 2.45) is 0 Å². The summed E-state index contributed by atoms with van der Waals surface area (Å²) in [6, 6.07) is 2.52. The van der Waals surface area contributed by atoms with Crippen LogP contribution < -0.4 is 0 Å². The Balaban J connectivity index is 2.06. The summed E-state index contributed by atoms with van der Waals surface area (Å²) in [7, 11) is 0. The van der Waals surface area contributed by atoms with Crippen molar-refractivity contribution in [1.82, 2.24) is 19.1 Å². The summed E-state index contributed by atoms with van der Waals surface area (Å²) in [6.07, 6.45) is 17.4. The Morgan fingerprint density at radius 3 is 2.32 bits per heavy atom. The number of imidazole rings is 2. The molecule has 3 rings (SSSR count). The molecule has 1 N–H and O–H groups in total. The summed E-state index contributed by atoms with van der Waals surface area (Å²) in [5.41, 5.74) is 0.339. The molecule has 0 saturated carbocycles.